The average molecular weight is 357 g/mol. The van der Waals surface area contributed by atoms with E-state index < -0.39 is 0 Å². The molecule has 27 heavy (non-hydrogen) atoms. The van der Waals surface area contributed by atoms with E-state index >= 15 is 0 Å². The van der Waals surface area contributed by atoms with Gasteiger partial charge in [0.15, 0.2) is 0 Å². The molecule has 136 valence electrons. The fourth-order valence-corrected chi connectivity index (χ4v) is 3.25. The topological polar surface area (TPSA) is 50.8 Å². The summed E-state index contributed by atoms with van der Waals surface area (Å²) in [6, 6.07) is 15.1. The van der Waals surface area contributed by atoms with Crippen molar-refractivity contribution in [1.82, 2.24) is 15.0 Å². The minimum Gasteiger partial charge on any atom is -0.495 e. The summed E-state index contributed by atoms with van der Waals surface area (Å²) in [6.07, 6.45) is 8.52. The molecule has 4 rings (SSSR count). The van der Waals surface area contributed by atoms with Crippen LogP contribution in [0.2, 0.25) is 0 Å². The van der Waals surface area contributed by atoms with E-state index in [1.165, 1.54) is 22.3 Å². The number of aryl methyl sites for hydroxylation is 3. The fourth-order valence-electron chi connectivity index (χ4n) is 3.25. The highest BCUT2D eigenvalue weighted by Crippen LogP contribution is 2.23. The molecule has 3 heterocycles. The number of nitrogens with zero attached hydrogens (tertiary/aromatic N) is 2. The molecule has 0 fully saturated rings. The molecule has 0 unspecified atom stereocenters. The van der Waals surface area contributed by atoms with Crippen LogP contribution in [0.15, 0.2) is 61.1 Å². The molecular formula is C23H23N3O. The Morgan fingerprint density at radius 1 is 0.926 bits per heavy atom. The third-order valence-electron chi connectivity index (χ3n) is 4.90. The lowest BCUT2D eigenvalue weighted by molar-refractivity contribution is 0.413. The van der Waals surface area contributed by atoms with Gasteiger partial charge in [0.05, 0.1) is 13.3 Å². The van der Waals surface area contributed by atoms with Crippen molar-refractivity contribution in [1.29, 1.82) is 0 Å². The first-order valence-corrected chi connectivity index (χ1v) is 9.20. The van der Waals surface area contributed by atoms with Crippen LogP contribution in [0.3, 0.4) is 0 Å². The Kier molecular flexibility index (Phi) is 4.88. The molecule has 0 bridgehead atoms. The van der Waals surface area contributed by atoms with Gasteiger partial charge in [-0.15, -0.1) is 0 Å². The van der Waals surface area contributed by atoms with Crippen molar-refractivity contribution in [2.45, 2.75) is 26.2 Å². The van der Waals surface area contributed by atoms with Gasteiger partial charge in [0.1, 0.15) is 11.4 Å². The van der Waals surface area contributed by atoms with Crippen molar-refractivity contribution < 1.29 is 4.74 Å². The zero-order chi connectivity index (χ0) is 18.6. The average Bonchev–Trinajstić information content (AvgIpc) is 3.10. The Morgan fingerprint density at radius 2 is 1.74 bits per heavy atom. The molecule has 4 aromatic rings. The molecule has 0 aliphatic rings. The smallest absolute Gasteiger partial charge is 0.137 e. The molecule has 0 aliphatic carbocycles. The van der Waals surface area contributed by atoms with Crippen LogP contribution in [0.25, 0.3) is 11.0 Å². The van der Waals surface area contributed by atoms with E-state index in [0.717, 1.165) is 41.7 Å². The summed E-state index contributed by atoms with van der Waals surface area (Å²) in [5.41, 5.74) is 7.05. The summed E-state index contributed by atoms with van der Waals surface area (Å²) in [4.78, 5) is 12.3. The van der Waals surface area contributed by atoms with Gasteiger partial charge in [0.2, 0.25) is 0 Å². The number of nitrogens with one attached hydrogen (secondary N) is 1. The van der Waals surface area contributed by atoms with E-state index in [2.05, 4.69) is 58.3 Å². The minimum atomic E-state index is 0.771. The molecule has 0 atom stereocenters. The van der Waals surface area contributed by atoms with Crippen LogP contribution in [-0.2, 0) is 19.3 Å². The minimum absolute atomic E-state index is 0.771. The largest absolute Gasteiger partial charge is 0.495 e. The van der Waals surface area contributed by atoms with Gasteiger partial charge in [0, 0.05) is 29.9 Å². The number of fused-ring (bicyclic) bond motifs is 1. The molecule has 4 heteroatoms. The van der Waals surface area contributed by atoms with Crippen LogP contribution in [0.5, 0.6) is 5.75 Å². The Morgan fingerprint density at radius 3 is 2.48 bits per heavy atom. The summed E-state index contributed by atoms with van der Waals surface area (Å²) in [6.45, 7) is 2.11. The highest BCUT2D eigenvalue weighted by Gasteiger charge is 2.08. The van der Waals surface area contributed by atoms with Crippen molar-refractivity contribution in [3.05, 3.63) is 89.0 Å². The molecule has 0 aliphatic heterocycles. The second-order valence-corrected chi connectivity index (χ2v) is 6.91. The zero-order valence-electron chi connectivity index (χ0n) is 15.7. The SMILES string of the molecule is COc1cnc2[nH]cc(Cc3ccc(CCc4ccc(C)cc4)nc3)c2c1. The maximum absolute atomic E-state index is 5.29. The van der Waals surface area contributed by atoms with Gasteiger partial charge in [-0.2, -0.15) is 0 Å². The predicted octanol–water partition coefficient (Wildman–Crippen LogP) is 4.65. The standard InChI is InChI=1S/C23H23N3O/c1-16-3-5-17(6-4-16)7-9-20-10-8-18(13-24-20)11-19-14-25-23-22(19)12-21(27-2)15-26-23/h3-6,8,10,12-15H,7,9,11H2,1-2H3,(H,25,26). The number of hydrogen-bond donors (Lipinski definition) is 1. The lowest BCUT2D eigenvalue weighted by Gasteiger charge is -2.05. The first-order chi connectivity index (χ1) is 13.2. The number of aromatic amines is 1. The van der Waals surface area contributed by atoms with Crippen LogP contribution in [0.4, 0.5) is 0 Å². The zero-order valence-corrected chi connectivity index (χ0v) is 15.7. The first kappa shape index (κ1) is 17.3. The molecule has 0 spiro atoms. The van der Waals surface area contributed by atoms with E-state index in [0.29, 0.717) is 0 Å². The van der Waals surface area contributed by atoms with E-state index in [1.807, 2.05) is 18.5 Å². The Bertz CT molecular complexity index is 1030. The highest BCUT2D eigenvalue weighted by molar-refractivity contribution is 5.81. The third-order valence-corrected chi connectivity index (χ3v) is 4.90. The van der Waals surface area contributed by atoms with Crippen LogP contribution in [-0.4, -0.2) is 22.1 Å². The van der Waals surface area contributed by atoms with Crippen molar-refractivity contribution in [3.8, 4) is 5.75 Å². The molecule has 0 radical (unpaired) electrons. The summed E-state index contributed by atoms with van der Waals surface area (Å²) < 4.78 is 5.29. The van der Waals surface area contributed by atoms with Crippen molar-refractivity contribution in [3.63, 3.8) is 0 Å². The van der Waals surface area contributed by atoms with Gasteiger partial charge in [-0.3, -0.25) is 4.98 Å². The van der Waals surface area contributed by atoms with Gasteiger partial charge in [-0.1, -0.05) is 35.9 Å². The Balaban J connectivity index is 1.44. The van der Waals surface area contributed by atoms with Gasteiger partial charge >= 0.3 is 0 Å². The number of pyridine rings is 2. The highest BCUT2D eigenvalue weighted by atomic mass is 16.5. The van der Waals surface area contributed by atoms with Crippen molar-refractivity contribution >= 4 is 11.0 Å². The second kappa shape index (κ2) is 7.62. The van der Waals surface area contributed by atoms with Gasteiger partial charge in [0.25, 0.3) is 0 Å². The molecule has 0 amide bonds. The Hall–Kier alpha value is -3.14. The number of aromatic nitrogens is 3. The summed E-state index contributed by atoms with van der Waals surface area (Å²) in [5.74, 6) is 0.771. The van der Waals surface area contributed by atoms with E-state index in [9.17, 15) is 0 Å². The van der Waals surface area contributed by atoms with Crippen molar-refractivity contribution in [2.75, 3.05) is 7.11 Å². The maximum Gasteiger partial charge on any atom is 0.137 e. The number of benzene rings is 1. The fraction of sp³-hybridized carbons (Fsp3) is 0.217. The lowest BCUT2D eigenvalue weighted by Crippen LogP contribution is -1.96. The van der Waals surface area contributed by atoms with E-state index in [-0.39, 0.29) is 0 Å². The van der Waals surface area contributed by atoms with Gasteiger partial charge in [-0.25, -0.2) is 4.98 Å². The second-order valence-electron chi connectivity index (χ2n) is 6.91. The van der Waals surface area contributed by atoms with Crippen LogP contribution in [0.1, 0.15) is 27.9 Å². The number of H-pyrrole nitrogens is 1. The van der Waals surface area contributed by atoms with E-state index in [1.54, 1.807) is 13.3 Å². The molecule has 1 N–H and O–H groups in total. The van der Waals surface area contributed by atoms with E-state index in [4.69, 9.17) is 4.74 Å². The van der Waals surface area contributed by atoms with Gasteiger partial charge in [-0.05, 0) is 48.6 Å². The van der Waals surface area contributed by atoms with Crippen LogP contribution in [0, 0.1) is 6.92 Å². The maximum atomic E-state index is 5.29. The lowest BCUT2D eigenvalue weighted by atomic mass is 10.0. The molecule has 4 nitrogen and oxygen atoms in total. The first-order valence-electron chi connectivity index (χ1n) is 9.20. The molecule has 1 aromatic carbocycles. The monoisotopic (exact) mass is 357 g/mol. The van der Waals surface area contributed by atoms with Gasteiger partial charge < -0.3 is 9.72 Å². The van der Waals surface area contributed by atoms with Crippen molar-refractivity contribution in [2.24, 2.45) is 0 Å². The predicted molar refractivity (Wildman–Crippen MR) is 108 cm³/mol. The number of rotatable bonds is 6. The number of methoxy groups -OCH3 is 1. The summed E-state index contributed by atoms with van der Waals surface area (Å²) in [5, 5.41) is 1.10. The summed E-state index contributed by atoms with van der Waals surface area (Å²) in [7, 11) is 1.66. The third kappa shape index (κ3) is 4.00. The molecule has 0 saturated heterocycles. The number of hydrogen-bond acceptors (Lipinski definition) is 3. The molecule has 0 saturated carbocycles. The normalized spacial score (nSPS) is 11.0. The Labute approximate surface area is 159 Å². The molecule has 3 aromatic heterocycles. The molecular weight excluding hydrogens is 334 g/mol. The quantitative estimate of drug-likeness (QED) is 0.546. The summed E-state index contributed by atoms with van der Waals surface area (Å²) >= 11 is 0. The van der Waals surface area contributed by atoms with Crippen LogP contribution >= 0.6 is 0 Å². The number of ether oxygens (including phenoxy) is 1. The van der Waals surface area contributed by atoms with Crippen LogP contribution < -0.4 is 4.74 Å².